The van der Waals surface area contributed by atoms with Gasteiger partial charge < -0.3 is 15.4 Å². The fraction of sp³-hybridized carbons (Fsp3) is 0.250. The van der Waals surface area contributed by atoms with Gasteiger partial charge in [0.25, 0.3) is 0 Å². The summed E-state index contributed by atoms with van der Waals surface area (Å²) in [5.41, 5.74) is 7.60. The van der Waals surface area contributed by atoms with Crippen molar-refractivity contribution in [3.8, 4) is 5.75 Å². The molecule has 0 heterocycles. The molecule has 0 atom stereocenters. The van der Waals surface area contributed by atoms with Crippen molar-refractivity contribution in [1.82, 2.24) is 0 Å². The second-order valence-electron chi connectivity index (χ2n) is 4.60. The number of nitrogens with zero attached hydrogens (tertiary/aromatic N) is 1. The molecule has 0 bridgehead atoms. The van der Waals surface area contributed by atoms with Gasteiger partial charge in [-0.2, -0.15) is 0 Å². The lowest BCUT2D eigenvalue weighted by atomic mass is 10.2. The Hall–Kier alpha value is -2.07. The number of rotatable bonds is 6. The first-order valence-corrected chi connectivity index (χ1v) is 6.57. The number of halogens is 1. The predicted octanol–water partition coefficient (Wildman–Crippen LogP) is 2.80. The Kier molecular flexibility index (Phi) is 4.96. The molecule has 0 radical (unpaired) electrons. The van der Waals surface area contributed by atoms with E-state index < -0.39 is 0 Å². The smallest absolute Gasteiger partial charge is 0.123 e. The molecule has 2 aromatic carbocycles. The normalized spacial score (nSPS) is 10.3. The quantitative estimate of drug-likeness (QED) is 0.880. The number of hydrogen-bond acceptors (Lipinski definition) is 3. The van der Waals surface area contributed by atoms with Crippen molar-refractivity contribution in [3.63, 3.8) is 0 Å². The highest BCUT2D eigenvalue weighted by atomic mass is 19.1. The SMILES string of the molecule is CN(CCOc1cccc(CN)c1)c1ccc(F)cc1. The Labute approximate surface area is 118 Å². The number of ether oxygens (including phenoxy) is 1. The van der Waals surface area contributed by atoms with Crippen LogP contribution >= 0.6 is 0 Å². The van der Waals surface area contributed by atoms with Gasteiger partial charge in [0.05, 0.1) is 6.54 Å². The van der Waals surface area contributed by atoms with Gasteiger partial charge in [0.1, 0.15) is 18.2 Å². The van der Waals surface area contributed by atoms with Crippen LogP contribution in [0.4, 0.5) is 10.1 Å². The second kappa shape index (κ2) is 6.91. The van der Waals surface area contributed by atoms with E-state index >= 15 is 0 Å². The summed E-state index contributed by atoms with van der Waals surface area (Å²) in [7, 11) is 1.95. The maximum absolute atomic E-state index is 12.8. The average Bonchev–Trinajstić information content (AvgIpc) is 2.48. The van der Waals surface area contributed by atoms with Crippen LogP contribution in [0, 0.1) is 5.82 Å². The lowest BCUT2D eigenvalue weighted by Gasteiger charge is -2.19. The molecule has 4 heteroatoms. The summed E-state index contributed by atoms with van der Waals surface area (Å²) in [6.07, 6.45) is 0. The van der Waals surface area contributed by atoms with E-state index in [0.717, 1.165) is 23.5 Å². The van der Waals surface area contributed by atoms with Crippen molar-refractivity contribution >= 4 is 5.69 Å². The van der Waals surface area contributed by atoms with Crippen molar-refractivity contribution < 1.29 is 9.13 Å². The fourth-order valence-electron chi connectivity index (χ4n) is 1.89. The van der Waals surface area contributed by atoms with E-state index in [1.54, 1.807) is 12.1 Å². The molecular formula is C16H19FN2O. The Morgan fingerprint density at radius 2 is 1.90 bits per heavy atom. The molecule has 0 aliphatic rings. The largest absolute Gasteiger partial charge is 0.492 e. The summed E-state index contributed by atoms with van der Waals surface area (Å²) in [6.45, 7) is 1.78. The second-order valence-corrected chi connectivity index (χ2v) is 4.60. The van der Waals surface area contributed by atoms with Crippen LogP contribution in [-0.4, -0.2) is 20.2 Å². The average molecular weight is 274 g/mol. The molecule has 0 spiro atoms. The Balaban J connectivity index is 1.84. The zero-order valence-electron chi connectivity index (χ0n) is 11.6. The van der Waals surface area contributed by atoms with Crippen LogP contribution in [0.1, 0.15) is 5.56 Å². The van der Waals surface area contributed by atoms with Gasteiger partial charge in [-0.05, 0) is 42.0 Å². The van der Waals surface area contributed by atoms with E-state index in [1.165, 1.54) is 12.1 Å². The van der Waals surface area contributed by atoms with Crippen molar-refractivity contribution in [2.24, 2.45) is 5.73 Å². The van der Waals surface area contributed by atoms with Crippen molar-refractivity contribution in [3.05, 3.63) is 59.9 Å². The molecule has 3 nitrogen and oxygen atoms in total. The number of likely N-dealkylation sites (N-methyl/N-ethyl adjacent to an activating group) is 1. The lowest BCUT2D eigenvalue weighted by Crippen LogP contribution is -2.23. The minimum absolute atomic E-state index is 0.225. The van der Waals surface area contributed by atoms with Crippen molar-refractivity contribution in [2.75, 3.05) is 25.1 Å². The van der Waals surface area contributed by atoms with Gasteiger partial charge in [-0.1, -0.05) is 12.1 Å². The van der Waals surface area contributed by atoms with Crippen LogP contribution in [0.2, 0.25) is 0 Å². The fourth-order valence-corrected chi connectivity index (χ4v) is 1.89. The van der Waals surface area contributed by atoms with Gasteiger partial charge in [-0.3, -0.25) is 0 Å². The monoisotopic (exact) mass is 274 g/mol. The predicted molar refractivity (Wildman–Crippen MR) is 79.5 cm³/mol. The summed E-state index contributed by atoms with van der Waals surface area (Å²) in [5.74, 6) is 0.595. The molecule has 0 aliphatic carbocycles. The maximum Gasteiger partial charge on any atom is 0.123 e. The first kappa shape index (κ1) is 14.3. The molecule has 0 aliphatic heterocycles. The molecule has 0 aromatic heterocycles. The molecule has 0 saturated carbocycles. The topological polar surface area (TPSA) is 38.5 Å². The molecule has 2 N–H and O–H groups in total. The zero-order chi connectivity index (χ0) is 14.4. The summed E-state index contributed by atoms with van der Waals surface area (Å²) in [5, 5.41) is 0. The lowest BCUT2D eigenvalue weighted by molar-refractivity contribution is 0.325. The first-order chi connectivity index (χ1) is 9.69. The Bertz CT molecular complexity index is 542. The van der Waals surface area contributed by atoms with E-state index in [2.05, 4.69) is 0 Å². The van der Waals surface area contributed by atoms with Crippen molar-refractivity contribution in [2.45, 2.75) is 6.54 Å². The molecule has 0 fully saturated rings. The maximum atomic E-state index is 12.8. The van der Waals surface area contributed by atoms with Gasteiger partial charge in [0, 0.05) is 19.3 Å². The van der Waals surface area contributed by atoms with E-state index in [9.17, 15) is 4.39 Å². The highest BCUT2D eigenvalue weighted by Crippen LogP contribution is 2.15. The first-order valence-electron chi connectivity index (χ1n) is 6.57. The number of anilines is 1. The standard InChI is InChI=1S/C16H19FN2O/c1-19(15-7-5-14(17)6-8-15)9-10-20-16-4-2-3-13(11-16)12-18/h2-8,11H,9-10,12,18H2,1H3. The van der Waals surface area contributed by atoms with Crippen LogP contribution in [0.3, 0.4) is 0 Å². The minimum Gasteiger partial charge on any atom is -0.492 e. The van der Waals surface area contributed by atoms with E-state index in [0.29, 0.717) is 13.2 Å². The summed E-state index contributed by atoms with van der Waals surface area (Å²) in [6, 6.07) is 14.2. The van der Waals surface area contributed by atoms with E-state index in [4.69, 9.17) is 10.5 Å². The molecule has 2 aromatic rings. The molecule has 106 valence electrons. The molecule has 0 amide bonds. The van der Waals surface area contributed by atoms with Crippen LogP contribution < -0.4 is 15.4 Å². The van der Waals surface area contributed by atoms with Gasteiger partial charge in [0.15, 0.2) is 0 Å². The van der Waals surface area contributed by atoms with E-state index in [1.807, 2.05) is 36.2 Å². The summed E-state index contributed by atoms with van der Waals surface area (Å²) < 4.78 is 18.5. The van der Waals surface area contributed by atoms with Gasteiger partial charge >= 0.3 is 0 Å². The third-order valence-corrected chi connectivity index (χ3v) is 3.10. The third kappa shape index (κ3) is 3.96. The highest BCUT2D eigenvalue weighted by Gasteiger charge is 2.02. The van der Waals surface area contributed by atoms with Crippen LogP contribution in [0.5, 0.6) is 5.75 Å². The number of benzene rings is 2. The molecule has 2 rings (SSSR count). The van der Waals surface area contributed by atoms with E-state index in [-0.39, 0.29) is 5.82 Å². The summed E-state index contributed by atoms with van der Waals surface area (Å²) >= 11 is 0. The molecule has 0 saturated heterocycles. The Morgan fingerprint density at radius 1 is 1.15 bits per heavy atom. The zero-order valence-corrected chi connectivity index (χ0v) is 11.6. The van der Waals surface area contributed by atoms with Gasteiger partial charge in [0.2, 0.25) is 0 Å². The molecule has 20 heavy (non-hydrogen) atoms. The van der Waals surface area contributed by atoms with Crippen molar-refractivity contribution in [1.29, 1.82) is 0 Å². The summed E-state index contributed by atoms with van der Waals surface area (Å²) in [4.78, 5) is 2.02. The van der Waals surface area contributed by atoms with Gasteiger partial charge in [-0.15, -0.1) is 0 Å². The van der Waals surface area contributed by atoms with Crippen LogP contribution in [0.15, 0.2) is 48.5 Å². The third-order valence-electron chi connectivity index (χ3n) is 3.10. The number of hydrogen-bond donors (Lipinski definition) is 1. The minimum atomic E-state index is -0.225. The number of nitrogens with two attached hydrogens (primary N) is 1. The van der Waals surface area contributed by atoms with Crippen LogP contribution in [0.25, 0.3) is 0 Å². The Morgan fingerprint density at radius 3 is 2.60 bits per heavy atom. The highest BCUT2D eigenvalue weighted by molar-refractivity contribution is 5.45. The van der Waals surface area contributed by atoms with Crippen LogP contribution in [-0.2, 0) is 6.54 Å². The van der Waals surface area contributed by atoms with Gasteiger partial charge in [-0.25, -0.2) is 4.39 Å². The molecule has 0 unspecified atom stereocenters. The molecular weight excluding hydrogens is 255 g/mol.